The summed E-state index contributed by atoms with van der Waals surface area (Å²) in [6, 6.07) is 2.59. The summed E-state index contributed by atoms with van der Waals surface area (Å²) in [5.41, 5.74) is 6.44. The molecule has 122 valence electrons. The number of nitrogens with one attached hydrogen (secondary N) is 2. The molecule has 0 spiro atoms. The van der Waals surface area contributed by atoms with E-state index < -0.39 is 0 Å². The number of hydrazone groups is 1. The molecule has 1 aliphatic rings. The molecule has 2 rings (SSSR count). The third-order valence-electron chi connectivity index (χ3n) is 3.92. The van der Waals surface area contributed by atoms with E-state index in [4.69, 9.17) is 17.0 Å². The lowest BCUT2D eigenvalue weighted by Gasteiger charge is -2.13. The third-order valence-corrected chi connectivity index (χ3v) is 4.16. The van der Waals surface area contributed by atoms with Crippen molar-refractivity contribution in [2.75, 3.05) is 13.2 Å². The number of aryl methyl sites for hydroxylation is 1. The monoisotopic (exact) mass is 322 g/mol. The van der Waals surface area contributed by atoms with E-state index in [1.165, 1.54) is 11.4 Å². The quantitative estimate of drug-likeness (QED) is 0.497. The van der Waals surface area contributed by atoms with Gasteiger partial charge in [0.15, 0.2) is 5.11 Å². The lowest BCUT2D eigenvalue weighted by molar-refractivity contribution is 0.114. The van der Waals surface area contributed by atoms with Gasteiger partial charge in [-0.15, -0.1) is 0 Å². The predicted molar refractivity (Wildman–Crippen MR) is 94.6 cm³/mol. The fourth-order valence-corrected chi connectivity index (χ4v) is 3.08. The van der Waals surface area contributed by atoms with E-state index >= 15 is 0 Å². The predicted octanol–water partition coefficient (Wildman–Crippen LogP) is 2.66. The van der Waals surface area contributed by atoms with Gasteiger partial charge in [-0.3, -0.25) is 5.43 Å². The molecule has 0 radical (unpaired) electrons. The number of nitrogens with zero attached hydrogens (tertiary/aromatic N) is 2. The maximum Gasteiger partial charge on any atom is 0.187 e. The van der Waals surface area contributed by atoms with Crippen LogP contribution in [0.3, 0.4) is 0 Å². The number of hydrogen-bond acceptors (Lipinski definition) is 3. The second-order valence-corrected chi connectivity index (χ2v) is 6.41. The van der Waals surface area contributed by atoms with Crippen molar-refractivity contribution in [1.82, 2.24) is 15.3 Å². The molecule has 0 saturated carbocycles. The van der Waals surface area contributed by atoms with Crippen molar-refractivity contribution in [1.29, 1.82) is 0 Å². The Balaban J connectivity index is 1.84. The second kappa shape index (κ2) is 7.74. The minimum Gasteiger partial charge on any atom is -0.376 e. The fraction of sp³-hybridized carbons (Fsp3) is 0.625. The van der Waals surface area contributed by atoms with Crippen LogP contribution in [0.15, 0.2) is 11.2 Å². The lowest BCUT2D eigenvalue weighted by atomic mass is 10.2. The highest BCUT2D eigenvalue weighted by Crippen LogP contribution is 2.18. The first-order valence-corrected chi connectivity index (χ1v) is 8.26. The Labute approximate surface area is 138 Å². The van der Waals surface area contributed by atoms with Crippen LogP contribution in [0.25, 0.3) is 0 Å². The van der Waals surface area contributed by atoms with E-state index in [1.807, 2.05) is 6.21 Å². The lowest BCUT2D eigenvalue weighted by Crippen LogP contribution is -2.37. The van der Waals surface area contributed by atoms with Crippen LogP contribution in [0.1, 0.15) is 49.7 Å². The summed E-state index contributed by atoms with van der Waals surface area (Å²) in [5, 5.41) is 7.90. The van der Waals surface area contributed by atoms with Crippen molar-refractivity contribution in [3.8, 4) is 0 Å². The molecule has 1 aromatic rings. The summed E-state index contributed by atoms with van der Waals surface area (Å²) in [7, 11) is 0. The maximum atomic E-state index is 5.54. The van der Waals surface area contributed by atoms with E-state index in [0.717, 1.165) is 31.6 Å². The number of rotatable bonds is 5. The van der Waals surface area contributed by atoms with Gasteiger partial charge < -0.3 is 14.6 Å². The van der Waals surface area contributed by atoms with E-state index in [0.29, 0.717) is 11.2 Å². The highest BCUT2D eigenvalue weighted by atomic mass is 32.1. The molecule has 2 heterocycles. The number of aromatic nitrogens is 1. The first-order chi connectivity index (χ1) is 10.5. The SMILES string of the molecule is Cc1cc(/C=N\NC(=S)NC[C@@H]2CCCO2)c(C)n1C(C)C. The van der Waals surface area contributed by atoms with E-state index in [9.17, 15) is 0 Å². The van der Waals surface area contributed by atoms with Gasteiger partial charge in [-0.05, 0) is 58.8 Å². The molecular weight excluding hydrogens is 296 g/mol. The third kappa shape index (κ3) is 4.30. The van der Waals surface area contributed by atoms with Gasteiger partial charge in [-0.2, -0.15) is 5.10 Å². The van der Waals surface area contributed by atoms with Crippen molar-refractivity contribution < 1.29 is 4.74 Å². The zero-order valence-electron chi connectivity index (χ0n) is 13.8. The van der Waals surface area contributed by atoms with Crippen molar-refractivity contribution in [2.24, 2.45) is 5.10 Å². The van der Waals surface area contributed by atoms with Crippen molar-refractivity contribution in [3.05, 3.63) is 23.0 Å². The summed E-state index contributed by atoms with van der Waals surface area (Å²) in [4.78, 5) is 0. The molecule has 1 aromatic heterocycles. The van der Waals surface area contributed by atoms with Crippen LogP contribution in [0.4, 0.5) is 0 Å². The van der Waals surface area contributed by atoms with Gasteiger partial charge in [0.25, 0.3) is 0 Å². The first kappa shape index (κ1) is 17.0. The van der Waals surface area contributed by atoms with Gasteiger partial charge in [0, 0.05) is 36.1 Å². The highest BCUT2D eigenvalue weighted by Gasteiger charge is 2.15. The zero-order chi connectivity index (χ0) is 16.1. The average molecular weight is 322 g/mol. The fourth-order valence-electron chi connectivity index (χ4n) is 2.94. The topological polar surface area (TPSA) is 50.6 Å². The van der Waals surface area contributed by atoms with E-state index in [-0.39, 0.29) is 6.10 Å². The molecule has 1 aliphatic heterocycles. The number of hydrogen-bond donors (Lipinski definition) is 2. The van der Waals surface area contributed by atoms with Crippen molar-refractivity contribution in [3.63, 3.8) is 0 Å². The second-order valence-electron chi connectivity index (χ2n) is 6.01. The Morgan fingerprint density at radius 2 is 2.32 bits per heavy atom. The molecule has 5 nitrogen and oxygen atoms in total. The van der Waals surface area contributed by atoms with Gasteiger partial charge >= 0.3 is 0 Å². The molecule has 0 aliphatic carbocycles. The molecule has 1 atom stereocenters. The zero-order valence-corrected chi connectivity index (χ0v) is 14.7. The van der Waals surface area contributed by atoms with Crippen LogP contribution in [0.2, 0.25) is 0 Å². The van der Waals surface area contributed by atoms with Crippen LogP contribution in [0, 0.1) is 13.8 Å². The normalized spacial score (nSPS) is 18.3. The Kier molecular flexibility index (Phi) is 5.97. The smallest absolute Gasteiger partial charge is 0.187 e. The molecule has 1 saturated heterocycles. The molecule has 22 heavy (non-hydrogen) atoms. The van der Waals surface area contributed by atoms with Crippen molar-refractivity contribution >= 4 is 23.5 Å². The Morgan fingerprint density at radius 1 is 1.55 bits per heavy atom. The van der Waals surface area contributed by atoms with Gasteiger partial charge in [-0.25, -0.2) is 0 Å². The highest BCUT2D eigenvalue weighted by molar-refractivity contribution is 7.80. The van der Waals surface area contributed by atoms with Crippen molar-refractivity contribution in [2.45, 2.75) is 52.7 Å². The van der Waals surface area contributed by atoms with Crippen LogP contribution >= 0.6 is 12.2 Å². The Hall–Kier alpha value is -1.40. The Morgan fingerprint density at radius 3 is 2.91 bits per heavy atom. The molecule has 0 bridgehead atoms. The molecule has 2 N–H and O–H groups in total. The van der Waals surface area contributed by atoms with Gasteiger partial charge in [0.2, 0.25) is 0 Å². The van der Waals surface area contributed by atoms with Gasteiger partial charge in [0.05, 0.1) is 12.3 Å². The van der Waals surface area contributed by atoms with Crippen LogP contribution in [-0.2, 0) is 4.74 Å². The number of thiocarbonyl (C=S) groups is 1. The van der Waals surface area contributed by atoms with Gasteiger partial charge in [-0.1, -0.05) is 0 Å². The van der Waals surface area contributed by atoms with E-state index in [2.05, 4.69) is 54.2 Å². The van der Waals surface area contributed by atoms with E-state index in [1.54, 1.807) is 0 Å². The summed E-state index contributed by atoms with van der Waals surface area (Å²) in [5.74, 6) is 0. The minimum atomic E-state index is 0.272. The minimum absolute atomic E-state index is 0.272. The number of ether oxygens (including phenoxy) is 1. The standard InChI is InChI=1S/C16H26N4OS/c1-11(2)20-12(3)8-14(13(20)4)9-18-19-16(22)17-10-15-6-5-7-21-15/h8-9,11,15H,5-7,10H2,1-4H3,(H2,17,19,22)/b18-9-/t15-/m0/s1. The van der Waals surface area contributed by atoms with Crippen LogP contribution < -0.4 is 10.7 Å². The molecular formula is C16H26N4OS. The summed E-state index contributed by atoms with van der Waals surface area (Å²) in [6.07, 6.45) is 4.33. The summed E-state index contributed by atoms with van der Waals surface area (Å²) >= 11 is 5.21. The molecule has 6 heteroatoms. The largest absolute Gasteiger partial charge is 0.376 e. The molecule has 0 unspecified atom stereocenters. The maximum absolute atomic E-state index is 5.54. The average Bonchev–Trinajstić information content (AvgIpc) is 3.05. The van der Waals surface area contributed by atoms with Crippen LogP contribution in [-0.4, -0.2) is 35.1 Å². The van der Waals surface area contributed by atoms with Gasteiger partial charge in [0.1, 0.15) is 0 Å². The molecule has 0 amide bonds. The summed E-state index contributed by atoms with van der Waals surface area (Å²) < 4.78 is 7.84. The Bertz CT molecular complexity index is 545. The first-order valence-electron chi connectivity index (χ1n) is 7.86. The van der Waals surface area contributed by atoms with Crippen LogP contribution in [0.5, 0.6) is 0 Å². The molecule has 0 aromatic carbocycles. The summed E-state index contributed by atoms with van der Waals surface area (Å²) in [6.45, 7) is 10.2. The molecule has 1 fully saturated rings.